The van der Waals surface area contributed by atoms with Crippen LogP contribution in [0.1, 0.15) is 38.2 Å². The molecule has 2 atom stereocenters. The Hall–Kier alpha value is -0.130. The molecule has 1 aromatic rings. The molecule has 3 heteroatoms. The molecule has 2 nitrogen and oxygen atoms in total. The molecular formula is C14H20INO. The Morgan fingerprint density at radius 3 is 2.65 bits per heavy atom. The lowest BCUT2D eigenvalue weighted by atomic mass is 9.86. The van der Waals surface area contributed by atoms with E-state index in [9.17, 15) is 5.11 Å². The van der Waals surface area contributed by atoms with E-state index in [1.54, 1.807) is 0 Å². The Labute approximate surface area is 117 Å². The van der Waals surface area contributed by atoms with Gasteiger partial charge in [0.1, 0.15) is 5.60 Å². The Balaban J connectivity index is 2.18. The SMILES string of the molecule is CC(O)(c1ccc(I)cc1)C1CCCCCN1. The Morgan fingerprint density at radius 1 is 1.24 bits per heavy atom. The molecule has 17 heavy (non-hydrogen) atoms. The van der Waals surface area contributed by atoms with Crippen LogP contribution in [0.2, 0.25) is 0 Å². The smallest absolute Gasteiger partial charge is 0.102 e. The quantitative estimate of drug-likeness (QED) is 0.808. The second-order valence-electron chi connectivity index (χ2n) is 5.01. The number of benzene rings is 1. The minimum absolute atomic E-state index is 0.171. The van der Waals surface area contributed by atoms with Gasteiger partial charge < -0.3 is 10.4 Å². The van der Waals surface area contributed by atoms with Crippen molar-refractivity contribution < 1.29 is 5.11 Å². The van der Waals surface area contributed by atoms with Crippen molar-refractivity contribution in [3.8, 4) is 0 Å². The van der Waals surface area contributed by atoms with Crippen LogP contribution in [0.25, 0.3) is 0 Å². The molecule has 0 saturated carbocycles. The van der Waals surface area contributed by atoms with E-state index >= 15 is 0 Å². The molecule has 0 bridgehead atoms. The maximum atomic E-state index is 10.8. The molecule has 1 aliphatic heterocycles. The molecule has 0 aliphatic carbocycles. The highest BCUT2D eigenvalue weighted by Gasteiger charge is 2.33. The van der Waals surface area contributed by atoms with Gasteiger partial charge in [0.15, 0.2) is 0 Å². The van der Waals surface area contributed by atoms with Gasteiger partial charge in [-0.2, -0.15) is 0 Å². The number of aliphatic hydroxyl groups is 1. The monoisotopic (exact) mass is 345 g/mol. The predicted octanol–water partition coefficient (Wildman–Crippen LogP) is 3.03. The first kappa shape index (κ1) is 13.3. The van der Waals surface area contributed by atoms with Crippen molar-refractivity contribution in [2.24, 2.45) is 0 Å². The summed E-state index contributed by atoms with van der Waals surface area (Å²) < 4.78 is 1.20. The largest absolute Gasteiger partial charge is 0.384 e. The highest BCUT2D eigenvalue weighted by molar-refractivity contribution is 14.1. The van der Waals surface area contributed by atoms with Crippen molar-refractivity contribution in [1.29, 1.82) is 0 Å². The molecule has 1 aromatic carbocycles. The van der Waals surface area contributed by atoms with Gasteiger partial charge in [-0.05, 0) is 66.6 Å². The van der Waals surface area contributed by atoms with Crippen LogP contribution in [0.3, 0.4) is 0 Å². The number of halogens is 1. The zero-order chi connectivity index (χ0) is 12.3. The topological polar surface area (TPSA) is 32.3 Å². The highest BCUT2D eigenvalue weighted by Crippen LogP contribution is 2.29. The molecular weight excluding hydrogens is 325 g/mol. The van der Waals surface area contributed by atoms with Gasteiger partial charge in [-0.3, -0.25) is 0 Å². The molecule has 2 unspecified atom stereocenters. The number of hydrogen-bond donors (Lipinski definition) is 2. The molecule has 94 valence electrons. The van der Waals surface area contributed by atoms with Gasteiger partial charge in [0, 0.05) is 9.61 Å². The minimum Gasteiger partial charge on any atom is -0.384 e. The molecule has 1 heterocycles. The lowest BCUT2D eigenvalue weighted by molar-refractivity contribution is 0.0136. The first-order valence-corrected chi connectivity index (χ1v) is 7.40. The first-order chi connectivity index (χ1) is 8.10. The fourth-order valence-corrected chi connectivity index (χ4v) is 2.86. The van der Waals surface area contributed by atoms with E-state index in [0.717, 1.165) is 18.5 Å². The molecule has 0 amide bonds. The fourth-order valence-electron chi connectivity index (χ4n) is 2.50. The summed E-state index contributed by atoms with van der Waals surface area (Å²) in [5.41, 5.74) is 0.242. The molecule has 1 fully saturated rings. The van der Waals surface area contributed by atoms with E-state index in [1.807, 2.05) is 19.1 Å². The molecule has 1 saturated heterocycles. The van der Waals surface area contributed by atoms with Gasteiger partial charge in [0.05, 0.1) is 0 Å². The Kier molecular flexibility index (Phi) is 4.44. The molecule has 2 rings (SSSR count). The van der Waals surface area contributed by atoms with Gasteiger partial charge in [-0.1, -0.05) is 25.0 Å². The summed E-state index contributed by atoms with van der Waals surface area (Å²) in [6.45, 7) is 2.95. The van der Waals surface area contributed by atoms with Gasteiger partial charge >= 0.3 is 0 Å². The third-order valence-electron chi connectivity index (χ3n) is 3.67. The van der Waals surface area contributed by atoms with Crippen LogP contribution in [0.5, 0.6) is 0 Å². The molecule has 1 aliphatic rings. The second kappa shape index (κ2) is 5.67. The maximum absolute atomic E-state index is 10.8. The van der Waals surface area contributed by atoms with Gasteiger partial charge in [0.25, 0.3) is 0 Å². The van der Waals surface area contributed by atoms with Crippen molar-refractivity contribution >= 4 is 22.6 Å². The Morgan fingerprint density at radius 2 is 1.94 bits per heavy atom. The van der Waals surface area contributed by atoms with Gasteiger partial charge in [-0.25, -0.2) is 0 Å². The molecule has 0 radical (unpaired) electrons. The predicted molar refractivity (Wildman–Crippen MR) is 79.0 cm³/mol. The van der Waals surface area contributed by atoms with E-state index in [1.165, 1.54) is 22.8 Å². The lowest BCUT2D eigenvalue weighted by Gasteiger charge is -2.33. The third kappa shape index (κ3) is 3.20. The van der Waals surface area contributed by atoms with E-state index in [-0.39, 0.29) is 6.04 Å². The molecule has 2 N–H and O–H groups in total. The third-order valence-corrected chi connectivity index (χ3v) is 4.39. The van der Waals surface area contributed by atoms with Crippen molar-refractivity contribution in [2.45, 2.75) is 44.2 Å². The fraction of sp³-hybridized carbons (Fsp3) is 0.571. The summed E-state index contributed by atoms with van der Waals surface area (Å²) in [5.74, 6) is 0. The number of hydrogen-bond acceptors (Lipinski definition) is 2. The van der Waals surface area contributed by atoms with E-state index in [2.05, 4.69) is 40.0 Å². The summed E-state index contributed by atoms with van der Waals surface area (Å²) >= 11 is 2.29. The Bertz CT molecular complexity index is 353. The normalized spacial score (nSPS) is 25.0. The van der Waals surface area contributed by atoms with E-state index in [4.69, 9.17) is 0 Å². The minimum atomic E-state index is -0.769. The zero-order valence-electron chi connectivity index (χ0n) is 10.2. The van der Waals surface area contributed by atoms with Crippen LogP contribution in [-0.2, 0) is 5.60 Å². The van der Waals surface area contributed by atoms with Crippen molar-refractivity contribution in [2.75, 3.05) is 6.54 Å². The maximum Gasteiger partial charge on any atom is 0.102 e. The highest BCUT2D eigenvalue weighted by atomic mass is 127. The summed E-state index contributed by atoms with van der Waals surface area (Å²) in [6.07, 6.45) is 4.75. The summed E-state index contributed by atoms with van der Waals surface area (Å²) in [6, 6.07) is 8.36. The van der Waals surface area contributed by atoms with Crippen LogP contribution >= 0.6 is 22.6 Å². The standard InChI is InChI=1S/C14H20INO/c1-14(17,11-6-8-12(15)9-7-11)13-5-3-2-4-10-16-13/h6-9,13,16-17H,2-5,10H2,1H3. The summed E-state index contributed by atoms with van der Waals surface area (Å²) in [5, 5.41) is 14.2. The van der Waals surface area contributed by atoms with Crippen molar-refractivity contribution in [3.05, 3.63) is 33.4 Å². The van der Waals surface area contributed by atoms with E-state index in [0.29, 0.717) is 0 Å². The van der Waals surface area contributed by atoms with Crippen LogP contribution in [0, 0.1) is 3.57 Å². The lowest BCUT2D eigenvalue weighted by Crippen LogP contribution is -2.46. The van der Waals surface area contributed by atoms with Crippen LogP contribution in [-0.4, -0.2) is 17.7 Å². The van der Waals surface area contributed by atoms with Crippen molar-refractivity contribution in [1.82, 2.24) is 5.32 Å². The average Bonchev–Trinajstić information content (AvgIpc) is 2.58. The van der Waals surface area contributed by atoms with Crippen molar-refractivity contribution in [3.63, 3.8) is 0 Å². The first-order valence-electron chi connectivity index (χ1n) is 6.32. The average molecular weight is 345 g/mol. The van der Waals surface area contributed by atoms with Crippen LogP contribution in [0.15, 0.2) is 24.3 Å². The number of nitrogens with one attached hydrogen (secondary N) is 1. The van der Waals surface area contributed by atoms with Crippen LogP contribution < -0.4 is 5.32 Å². The summed E-state index contributed by atoms with van der Waals surface area (Å²) in [7, 11) is 0. The molecule has 0 spiro atoms. The zero-order valence-corrected chi connectivity index (χ0v) is 12.4. The van der Waals surface area contributed by atoms with Crippen LogP contribution in [0.4, 0.5) is 0 Å². The second-order valence-corrected chi connectivity index (χ2v) is 6.26. The van der Waals surface area contributed by atoms with Gasteiger partial charge in [-0.15, -0.1) is 0 Å². The van der Waals surface area contributed by atoms with E-state index < -0.39 is 5.60 Å². The van der Waals surface area contributed by atoms with Gasteiger partial charge in [0.2, 0.25) is 0 Å². The number of rotatable bonds is 2. The molecule has 0 aromatic heterocycles. The summed E-state index contributed by atoms with van der Waals surface area (Å²) in [4.78, 5) is 0.